The molecule has 1 aromatic rings. The summed E-state index contributed by atoms with van der Waals surface area (Å²) < 4.78 is 38.3. The summed E-state index contributed by atoms with van der Waals surface area (Å²) in [5.41, 5.74) is 0.939. The lowest BCUT2D eigenvalue weighted by atomic mass is 9.98. The molecule has 0 aromatic heterocycles. The third-order valence-corrected chi connectivity index (χ3v) is 7.21. The lowest BCUT2D eigenvalue weighted by Crippen LogP contribution is -2.49. The van der Waals surface area contributed by atoms with E-state index in [0.29, 0.717) is 31.6 Å². The van der Waals surface area contributed by atoms with Crippen LogP contribution >= 0.6 is 0 Å². The van der Waals surface area contributed by atoms with E-state index in [1.54, 1.807) is 16.4 Å². The van der Waals surface area contributed by atoms with Crippen molar-refractivity contribution in [2.45, 2.75) is 38.6 Å². The van der Waals surface area contributed by atoms with Gasteiger partial charge in [0.2, 0.25) is 10.0 Å². The van der Waals surface area contributed by atoms with E-state index in [9.17, 15) is 12.8 Å². The number of guanidine groups is 1. The Hall–Kier alpha value is -1.87. The molecule has 0 saturated carbocycles. The Morgan fingerprint density at radius 2 is 1.87 bits per heavy atom. The highest BCUT2D eigenvalue weighted by molar-refractivity contribution is 7.88. The monoisotopic (exact) mass is 439 g/mol. The number of anilines is 1. The van der Waals surface area contributed by atoms with Gasteiger partial charge < -0.3 is 15.5 Å². The van der Waals surface area contributed by atoms with Gasteiger partial charge in [-0.15, -0.1) is 0 Å². The highest BCUT2D eigenvalue weighted by atomic mass is 32.2. The first-order valence-electron chi connectivity index (χ1n) is 10.9. The van der Waals surface area contributed by atoms with E-state index >= 15 is 0 Å². The number of nitrogens with one attached hydrogen (secondary N) is 2. The highest BCUT2D eigenvalue weighted by Gasteiger charge is 2.25. The van der Waals surface area contributed by atoms with E-state index in [0.717, 1.165) is 57.0 Å². The summed E-state index contributed by atoms with van der Waals surface area (Å²) in [6, 6.07) is 7.11. The molecule has 9 heteroatoms. The second-order valence-corrected chi connectivity index (χ2v) is 10.2. The maximum absolute atomic E-state index is 13.5. The van der Waals surface area contributed by atoms with E-state index in [-0.39, 0.29) is 5.82 Å². The molecule has 7 nitrogen and oxygen atoms in total. The van der Waals surface area contributed by atoms with E-state index < -0.39 is 10.0 Å². The first kappa shape index (κ1) is 22.8. The van der Waals surface area contributed by atoms with Crippen LogP contribution in [-0.4, -0.2) is 70.2 Å². The molecule has 3 rings (SSSR count). The highest BCUT2D eigenvalue weighted by Crippen LogP contribution is 2.21. The smallest absolute Gasteiger partial charge is 0.211 e. The van der Waals surface area contributed by atoms with Crippen molar-refractivity contribution >= 4 is 21.7 Å². The molecular formula is C21H34FN5O2S. The third-order valence-electron chi connectivity index (χ3n) is 5.90. The second kappa shape index (κ2) is 10.4. The minimum absolute atomic E-state index is 0.198. The van der Waals surface area contributed by atoms with Gasteiger partial charge in [0.05, 0.1) is 6.26 Å². The molecule has 2 aliphatic heterocycles. The topological polar surface area (TPSA) is 77.0 Å². The van der Waals surface area contributed by atoms with Crippen LogP contribution in [0.25, 0.3) is 0 Å². The number of rotatable bonds is 6. The quantitative estimate of drug-likeness (QED) is 0.524. The second-order valence-electron chi connectivity index (χ2n) is 8.21. The Labute approximate surface area is 179 Å². The molecule has 0 spiro atoms. The zero-order valence-corrected chi connectivity index (χ0v) is 18.8. The van der Waals surface area contributed by atoms with E-state index in [1.165, 1.54) is 12.3 Å². The van der Waals surface area contributed by atoms with Gasteiger partial charge in [0.25, 0.3) is 0 Å². The molecule has 0 radical (unpaired) electrons. The Bertz CT molecular complexity index is 816. The van der Waals surface area contributed by atoms with Gasteiger partial charge in [-0.25, -0.2) is 17.1 Å². The molecule has 30 heavy (non-hydrogen) atoms. The molecule has 0 amide bonds. The number of hydrogen-bond acceptors (Lipinski definition) is 4. The summed E-state index contributed by atoms with van der Waals surface area (Å²) in [5, 5.41) is 6.87. The number of benzene rings is 1. The predicted molar refractivity (Wildman–Crippen MR) is 120 cm³/mol. The molecule has 1 aromatic carbocycles. The van der Waals surface area contributed by atoms with Crippen LogP contribution < -0.4 is 15.5 Å². The maximum atomic E-state index is 13.5. The first-order valence-corrected chi connectivity index (χ1v) is 12.7. The molecule has 2 fully saturated rings. The Morgan fingerprint density at radius 1 is 1.17 bits per heavy atom. The van der Waals surface area contributed by atoms with Crippen molar-refractivity contribution < 1.29 is 12.8 Å². The fourth-order valence-electron chi connectivity index (χ4n) is 4.11. The van der Waals surface area contributed by atoms with Crippen molar-refractivity contribution in [2.75, 3.05) is 50.4 Å². The van der Waals surface area contributed by atoms with Gasteiger partial charge in [-0.05, 0) is 56.7 Å². The van der Waals surface area contributed by atoms with Gasteiger partial charge >= 0.3 is 0 Å². The molecule has 0 bridgehead atoms. The number of nitrogens with zero attached hydrogens (tertiary/aromatic N) is 3. The van der Waals surface area contributed by atoms with Crippen LogP contribution in [0.1, 0.15) is 32.6 Å². The summed E-state index contributed by atoms with van der Waals surface area (Å²) in [4.78, 5) is 6.99. The van der Waals surface area contributed by atoms with Crippen LogP contribution in [-0.2, 0) is 10.0 Å². The van der Waals surface area contributed by atoms with Crippen LogP contribution in [0.4, 0.5) is 10.1 Å². The van der Waals surface area contributed by atoms with Crippen molar-refractivity contribution in [3.05, 3.63) is 30.1 Å². The molecule has 168 valence electrons. The fourth-order valence-corrected chi connectivity index (χ4v) is 4.99. The van der Waals surface area contributed by atoms with Gasteiger partial charge in [-0.1, -0.05) is 6.07 Å². The Balaban J connectivity index is 1.47. The van der Waals surface area contributed by atoms with Gasteiger partial charge in [0, 0.05) is 51.0 Å². The van der Waals surface area contributed by atoms with Gasteiger partial charge in [0.15, 0.2) is 5.96 Å². The average Bonchev–Trinajstić information content (AvgIpc) is 2.72. The van der Waals surface area contributed by atoms with Crippen LogP contribution in [0.15, 0.2) is 29.3 Å². The average molecular weight is 440 g/mol. The maximum Gasteiger partial charge on any atom is 0.211 e. The molecule has 0 unspecified atom stereocenters. The van der Waals surface area contributed by atoms with Crippen molar-refractivity contribution in [3.8, 4) is 0 Å². The number of sulfonamides is 1. The predicted octanol–water partition coefficient (Wildman–Crippen LogP) is 2.02. The van der Waals surface area contributed by atoms with Crippen molar-refractivity contribution in [2.24, 2.45) is 10.9 Å². The minimum atomic E-state index is -3.09. The van der Waals surface area contributed by atoms with E-state index in [1.807, 2.05) is 13.0 Å². The summed E-state index contributed by atoms with van der Waals surface area (Å²) in [7, 11) is -3.09. The molecule has 2 aliphatic rings. The number of piperidine rings is 2. The van der Waals surface area contributed by atoms with Crippen LogP contribution in [0.2, 0.25) is 0 Å². The summed E-state index contributed by atoms with van der Waals surface area (Å²) in [6.07, 6.45) is 4.91. The SMILES string of the molecule is CCNC(=NCC1CCN(S(C)(=O)=O)CC1)NC1CCN(c2cccc(F)c2)CC1. The largest absolute Gasteiger partial charge is 0.371 e. The summed E-state index contributed by atoms with van der Waals surface area (Å²) in [5.74, 6) is 1.04. The van der Waals surface area contributed by atoms with Crippen LogP contribution in [0.5, 0.6) is 0 Å². The number of halogens is 1. The first-order chi connectivity index (χ1) is 14.3. The van der Waals surface area contributed by atoms with E-state index in [4.69, 9.17) is 4.99 Å². The van der Waals surface area contributed by atoms with Crippen LogP contribution in [0, 0.1) is 11.7 Å². The lowest BCUT2D eigenvalue weighted by molar-refractivity contribution is 0.280. The van der Waals surface area contributed by atoms with Crippen LogP contribution in [0.3, 0.4) is 0 Å². The summed E-state index contributed by atoms with van der Waals surface area (Å²) >= 11 is 0. The molecular weight excluding hydrogens is 405 g/mol. The molecule has 2 heterocycles. The molecule has 0 atom stereocenters. The number of hydrogen-bond donors (Lipinski definition) is 2. The Morgan fingerprint density at radius 3 is 2.47 bits per heavy atom. The molecule has 0 aliphatic carbocycles. The van der Waals surface area contributed by atoms with E-state index in [2.05, 4.69) is 15.5 Å². The standard InChI is InChI=1S/C21H34FN5O2S/c1-3-23-21(24-16-17-7-13-27(14-8-17)30(2,28)29)25-19-9-11-26(12-10-19)20-6-4-5-18(22)15-20/h4-6,15,17,19H,3,7-14,16H2,1-2H3,(H2,23,24,25). The van der Waals surface area contributed by atoms with Crippen molar-refractivity contribution in [1.82, 2.24) is 14.9 Å². The third kappa shape index (κ3) is 6.57. The number of aliphatic imine (C=N–C) groups is 1. The minimum Gasteiger partial charge on any atom is -0.371 e. The zero-order chi connectivity index (χ0) is 21.6. The zero-order valence-electron chi connectivity index (χ0n) is 18.0. The lowest BCUT2D eigenvalue weighted by Gasteiger charge is -2.34. The summed E-state index contributed by atoms with van der Waals surface area (Å²) in [6.45, 7) is 6.47. The van der Waals surface area contributed by atoms with Crippen molar-refractivity contribution in [3.63, 3.8) is 0 Å². The normalized spacial score (nSPS) is 20.4. The fraction of sp³-hybridized carbons (Fsp3) is 0.667. The molecule has 2 N–H and O–H groups in total. The van der Waals surface area contributed by atoms with Crippen molar-refractivity contribution in [1.29, 1.82) is 0 Å². The van der Waals surface area contributed by atoms with Gasteiger partial charge in [-0.3, -0.25) is 4.99 Å². The van der Waals surface area contributed by atoms with Gasteiger partial charge in [-0.2, -0.15) is 0 Å². The van der Waals surface area contributed by atoms with Gasteiger partial charge in [0.1, 0.15) is 5.82 Å². The molecule has 2 saturated heterocycles. The Kier molecular flexibility index (Phi) is 7.93.